The molecule has 0 saturated carbocycles. The number of hydrogen-bond acceptors (Lipinski definition) is 8. The van der Waals surface area contributed by atoms with Crippen molar-refractivity contribution in [3.8, 4) is 22.6 Å². The van der Waals surface area contributed by atoms with E-state index >= 15 is 0 Å². The highest BCUT2D eigenvalue weighted by Crippen LogP contribution is 2.33. The zero-order chi connectivity index (χ0) is 20.2. The number of carbonyl (C=O) groups is 1. The van der Waals surface area contributed by atoms with Gasteiger partial charge in [-0.15, -0.1) is 11.3 Å². The van der Waals surface area contributed by atoms with Crippen LogP contribution in [0.4, 0.5) is 0 Å². The van der Waals surface area contributed by atoms with Gasteiger partial charge in [-0.2, -0.15) is 23.2 Å². The van der Waals surface area contributed by atoms with Crippen molar-refractivity contribution in [3.63, 3.8) is 0 Å². The Balaban J connectivity index is 2.39. The van der Waals surface area contributed by atoms with Gasteiger partial charge in [0.05, 0.1) is 16.3 Å². The van der Waals surface area contributed by atoms with Crippen LogP contribution in [0.2, 0.25) is 0 Å². The molecule has 9 nitrogen and oxygen atoms in total. The van der Waals surface area contributed by atoms with E-state index in [1.54, 1.807) is 23.6 Å². The molecule has 2 N–H and O–H groups in total. The molecule has 2 aromatic heterocycles. The van der Waals surface area contributed by atoms with E-state index in [4.69, 9.17) is 0 Å². The summed E-state index contributed by atoms with van der Waals surface area (Å²) in [7, 11) is -1.41. The van der Waals surface area contributed by atoms with E-state index in [0.29, 0.717) is 4.88 Å². The van der Waals surface area contributed by atoms with E-state index < -0.39 is 21.7 Å². The highest BCUT2D eigenvalue weighted by atomic mass is 32.2. The van der Waals surface area contributed by atoms with E-state index in [1.165, 1.54) is 25.4 Å². The van der Waals surface area contributed by atoms with Gasteiger partial charge in [-0.05, 0) is 11.4 Å². The van der Waals surface area contributed by atoms with Crippen LogP contribution in [0.15, 0.2) is 27.3 Å². The highest BCUT2D eigenvalue weighted by Gasteiger charge is 2.22. The predicted molar refractivity (Wildman–Crippen MR) is 101 cm³/mol. The average Bonchev–Trinajstić information content (AvgIpc) is 3.12. The van der Waals surface area contributed by atoms with Crippen LogP contribution in [0.25, 0.3) is 10.4 Å². The van der Waals surface area contributed by atoms with Gasteiger partial charge in [0.25, 0.3) is 5.56 Å². The molecule has 0 spiro atoms. The van der Waals surface area contributed by atoms with Gasteiger partial charge in [0.1, 0.15) is 17.7 Å². The third-order valence-corrected chi connectivity index (χ3v) is 6.58. The molecule has 0 radical (unpaired) electrons. The first kappa shape index (κ1) is 20.7. The molecule has 0 unspecified atom stereocenters. The van der Waals surface area contributed by atoms with Crippen LogP contribution in [0.5, 0.6) is 0 Å². The third kappa shape index (κ3) is 4.56. The lowest BCUT2D eigenvalue weighted by Crippen LogP contribution is -2.40. The number of rotatable bonds is 6. The van der Waals surface area contributed by atoms with Gasteiger partial charge in [0.15, 0.2) is 0 Å². The van der Waals surface area contributed by atoms with Crippen LogP contribution in [0.3, 0.4) is 0 Å². The largest absolute Gasteiger partial charge is 0.315 e. The van der Waals surface area contributed by atoms with Crippen molar-refractivity contribution in [2.45, 2.75) is 5.03 Å². The van der Waals surface area contributed by atoms with E-state index in [0.717, 1.165) is 16.1 Å². The topological polar surface area (TPSA) is 147 Å². The number of amides is 1. The lowest BCUT2D eigenvalue weighted by atomic mass is 10.0. The fraction of sp³-hybridized carbons (Fsp3) is 0.200. The number of aromatic amines is 1. The van der Waals surface area contributed by atoms with Gasteiger partial charge in [-0.3, -0.25) is 9.59 Å². The second-order valence-electron chi connectivity index (χ2n) is 5.21. The number of nitrogens with zero attached hydrogens (tertiary/aromatic N) is 3. The minimum Gasteiger partial charge on any atom is -0.315 e. The molecule has 1 amide bonds. The van der Waals surface area contributed by atoms with E-state index in [9.17, 15) is 28.5 Å². The molecule has 0 bridgehead atoms. The number of aromatic nitrogens is 1. The van der Waals surface area contributed by atoms with Crippen LogP contribution < -0.4 is 10.3 Å². The fourth-order valence-corrected chi connectivity index (χ4v) is 4.19. The summed E-state index contributed by atoms with van der Waals surface area (Å²) in [4.78, 5) is 27.1. The smallest absolute Gasteiger partial charge is 0.303 e. The molecule has 2 rings (SSSR count). The maximum atomic E-state index is 12.2. The minimum absolute atomic E-state index is 0.0434. The minimum atomic E-state index is -3.94. The van der Waals surface area contributed by atoms with Crippen molar-refractivity contribution in [2.24, 2.45) is 0 Å². The highest BCUT2D eigenvalue weighted by molar-refractivity contribution is 8.00. The lowest BCUT2D eigenvalue weighted by Gasteiger charge is -2.12. The number of nitrogens with one attached hydrogen (secondary N) is 2. The van der Waals surface area contributed by atoms with Gasteiger partial charge < -0.3 is 4.98 Å². The maximum Gasteiger partial charge on any atom is 0.303 e. The summed E-state index contributed by atoms with van der Waals surface area (Å²) in [5, 5.41) is 20.7. The molecule has 0 atom stereocenters. The fourth-order valence-electron chi connectivity index (χ4n) is 1.97. The van der Waals surface area contributed by atoms with Crippen LogP contribution in [-0.2, 0) is 15.0 Å². The second-order valence-corrected chi connectivity index (χ2v) is 9.03. The molecule has 12 heteroatoms. The van der Waals surface area contributed by atoms with Crippen molar-refractivity contribution < 1.29 is 13.2 Å². The normalized spacial score (nSPS) is 11.0. The van der Waals surface area contributed by atoms with Gasteiger partial charge >= 0.3 is 10.2 Å². The molecular weight excluding hydrogens is 410 g/mol. The van der Waals surface area contributed by atoms with Gasteiger partial charge in [0.2, 0.25) is 5.91 Å². The zero-order valence-corrected chi connectivity index (χ0v) is 16.6. The van der Waals surface area contributed by atoms with Crippen molar-refractivity contribution in [2.75, 3.05) is 19.8 Å². The number of H-pyrrole nitrogens is 1. The summed E-state index contributed by atoms with van der Waals surface area (Å²) in [6, 6.07) is 7.14. The Morgan fingerprint density at radius 2 is 2.00 bits per heavy atom. The van der Waals surface area contributed by atoms with Crippen LogP contribution >= 0.6 is 23.1 Å². The predicted octanol–water partition coefficient (Wildman–Crippen LogP) is 0.861. The number of thiophene rings is 1. The van der Waals surface area contributed by atoms with Crippen LogP contribution in [-0.4, -0.2) is 43.5 Å². The zero-order valence-electron chi connectivity index (χ0n) is 14.1. The molecule has 0 saturated heterocycles. The van der Waals surface area contributed by atoms with Crippen LogP contribution in [0.1, 0.15) is 11.1 Å². The Morgan fingerprint density at radius 1 is 1.33 bits per heavy atom. The Kier molecular flexibility index (Phi) is 6.41. The monoisotopic (exact) mass is 423 g/mol. The van der Waals surface area contributed by atoms with E-state index in [2.05, 4.69) is 4.98 Å². The first-order valence-electron chi connectivity index (χ1n) is 7.21. The molecule has 0 aliphatic carbocycles. The lowest BCUT2D eigenvalue weighted by molar-refractivity contribution is -0.116. The molecule has 0 fully saturated rings. The Labute approximate surface area is 163 Å². The number of hydrogen-bond donors (Lipinski definition) is 2. The summed E-state index contributed by atoms with van der Waals surface area (Å²) < 4.78 is 26.0. The molecular formula is C15H13N5O4S3. The third-order valence-electron chi connectivity index (χ3n) is 3.24. The average molecular weight is 424 g/mol. The van der Waals surface area contributed by atoms with Crippen molar-refractivity contribution in [3.05, 3.63) is 39.0 Å². The van der Waals surface area contributed by atoms with E-state index in [-0.39, 0.29) is 27.5 Å². The van der Waals surface area contributed by atoms with Crippen molar-refractivity contribution in [1.29, 1.82) is 10.5 Å². The maximum absolute atomic E-state index is 12.2. The summed E-state index contributed by atoms with van der Waals surface area (Å²) >= 11 is 2.06. The summed E-state index contributed by atoms with van der Waals surface area (Å²) in [6.07, 6.45) is 0. The van der Waals surface area contributed by atoms with Gasteiger partial charge in [-0.1, -0.05) is 17.8 Å². The first-order valence-corrected chi connectivity index (χ1v) is 10.5. The molecule has 2 aromatic rings. The van der Waals surface area contributed by atoms with Crippen LogP contribution in [0, 0.1) is 22.7 Å². The Bertz CT molecular complexity index is 1110. The molecule has 0 aliphatic rings. The number of thioether (sulfide) groups is 1. The van der Waals surface area contributed by atoms with Crippen molar-refractivity contribution in [1.82, 2.24) is 14.0 Å². The molecule has 0 aliphatic heterocycles. The second kappa shape index (κ2) is 8.37. The number of carbonyl (C=O) groups excluding carboxylic acids is 1. The molecule has 0 aromatic carbocycles. The SMILES string of the molecule is CN(C)S(=O)(=O)NC(=O)CSc1[nH]c(=O)c(C#N)c(-c2cccs2)c1C#N. The number of pyridine rings is 1. The summed E-state index contributed by atoms with van der Waals surface area (Å²) in [5.74, 6) is -1.17. The quantitative estimate of drug-likeness (QED) is 0.655. The van der Waals surface area contributed by atoms with Crippen molar-refractivity contribution >= 4 is 39.2 Å². The molecule has 2 heterocycles. The standard InChI is InChI=1S/C15H13N5O4S3/c1-20(2)27(23,24)19-12(21)8-26-15-10(7-17)13(11-4-3-5-25-11)9(6-16)14(22)18-15/h3-5H,8H2,1-2H3,(H,18,22)(H,19,21). The molecule has 27 heavy (non-hydrogen) atoms. The Hall–Kier alpha value is -2.64. The van der Waals surface area contributed by atoms with Gasteiger partial charge in [-0.25, -0.2) is 4.72 Å². The number of nitriles is 2. The van der Waals surface area contributed by atoms with E-state index in [1.807, 2.05) is 10.8 Å². The first-order chi connectivity index (χ1) is 12.7. The summed E-state index contributed by atoms with van der Waals surface area (Å²) in [6.45, 7) is 0. The Morgan fingerprint density at radius 3 is 2.52 bits per heavy atom. The molecule has 140 valence electrons. The summed E-state index contributed by atoms with van der Waals surface area (Å²) in [5.41, 5.74) is -0.647. The van der Waals surface area contributed by atoms with Gasteiger partial charge in [0, 0.05) is 24.5 Å².